The normalized spacial score (nSPS) is 10.0. The molecule has 2 N–H and O–H groups in total. The number of anilines is 3. The van der Waals surface area contributed by atoms with Crippen LogP contribution in [0.15, 0.2) is 48.5 Å². The molecule has 0 atom stereocenters. The standard InChI is InChI=1S/C17H21N3O/c1-13-5-4-6-15(11-13)19-17(21)12-18-14-7-9-16(10-8-14)20(2)3/h4-11,18H,12H2,1-3H3,(H,19,21). The quantitative estimate of drug-likeness (QED) is 0.886. The van der Waals surface area contributed by atoms with Crippen molar-refractivity contribution in [2.45, 2.75) is 6.92 Å². The van der Waals surface area contributed by atoms with Crippen LogP contribution >= 0.6 is 0 Å². The first kappa shape index (κ1) is 14.9. The fourth-order valence-corrected chi connectivity index (χ4v) is 1.99. The van der Waals surface area contributed by atoms with Crippen molar-refractivity contribution >= 4 is 23.0 Å². The van der Waals surface area contributed by atoms with Crippen molar-refractivity contribution in [3.63, 3.8) is 0 Å². The molecule has 0 heterocycles. The number of hydrogen-bond donors (Lipinski definition) is 2. The third-order valence-corrected chi connectivity index (χ3v) is 3.14. The van der Waals surface area contributed by atoms with Crippen molar-refractivity contribution in [1.29, 1.82) is 0 Å². The molecule has 0 saturated heterocycles. The number of carbonyl (C=O) groups excluding carboxylic acids is 1. The molecule has 2 aromatic rings. The minimum atomic E-state index is -0.0581. The molecule has 110 valence electrons. The predicted octanol–water partition coefficient (Wildman–Crippen LogP) is 3.11. The fraction of sp³-hybridized carbons (Fsp3) is 0.235. The van der Waals surface area contributed by atoms with E-state index in [-0.39, 0.29) is 12.5 Å². The molecule has 0 aliphatic rings. The van der Waals surface area contributed by atoms with Gasteiger partial charge in [-0.2, -0.15) is 0 Å². The Balaban J connectivity index is 1.86. The van der Waals surface area contributed by atoms with Gasteiger partial charge in [0.1, 0.15) is 0 Å². The Morgan fingerprint density at radius 2 is 1.76 bits per heavy atom. The summed E-state index contributed by atoms with van der Waals surface area (Å²) in [6, 6.07) is 15.7. The average Bonchev–Trinajstić information content (AvgIpc) is 2.45. The molecule has 0 saturated carbocycles. The molecular formula is C17H21N3O. The first-order valence-electron chi connectivity index (χ1n) is 6.92. The third kappa shape index (κ3) is 4.53. The molecule has 4 heteroatoms. The monoisotopic (exact) mass is 283 g/mol. The lowest BCUT2D eigenvalue weighted by Gasteiger charge is -2.13. The Hall–Kier alpha value is -2.49. The Labute approximate surface area is 125 Å². The Morgan fingerprint density at radius 1 is 1.05 bits per heavy atom. The van der Waals surface area contributed by atoms with Gasteiger partial charge in [-0.3, -0.25) is 4.79 Å². The van der Waals surface area contributed by atoms with Crippen LogP contribution in [0.3, 0.4) is 0 Å². The van der Waals surface area contributed by atoms with E-state index >= 15 is 0 Å². The van der Waals surface area contributed by atoms with Crippen molar-refractivity contribution in [3.05, 3.63) is 54.1 Å². The van der Waals surface area contributed by atoms with E-state index < -0.39 is 0 Å². The number of amides is 1. The number of benzene rings is 2. The zero-order valence-electron chi connectivity index (χ0n) is 12.7. The molecule has 0 aliphatic carbocycles. The zero-order valence-corrected chi connectivity index (χ0v) is 12.7. The van der Waals surface area contributed by atoms with Gasteiger partial charge in [-0.1, -0.05) is 12.1 Å². The second-order valence-electron chi connectivity index (χ2n) is 5.21. The number of nitrogens with zero attached hydrogens (tertiary/aromatic N) is 1. The second kappa shape index (κ2) is 6.79. The highest BCUT2D eigenvalue weighted by Crippen LogP contribution is 2.15. The van der Waals surface area contributed by atoms with E-state index in [9.17, 15) is 4.79 Å². The Morgan fingerprint density at radius 3 is 2.38 bits per heavy atom. The summed E-state index contributed by atoms with van der Waals surface area (Å²) >= 11 is 0. The highest BCUT2D eigenvalue weighted by molar-refractivity contribution is 5.93. The SMILES string of the molecule is Cc1cccc(NC(=O)CNc2ccc(N(C)C)cc2)c1. The topological polar surface area (TPSA) is 44.4 Å². The van der Waals surface area contributed by atoms with Gasteiger partial charge in [0, 0.05) is 31.2 Å². The summed E-state index contributed by atoms with van der Waals surface area (Å²) in [6.07, 6.45) is 0. The number of nitrogens with one attached hydrogen (secondary N) is 2. The van der Waals surface area contributed by atoms with Crippen molar-refractivity contribution in [2.24, 2.45) is 0 Å². The van der Waals surface area contributed by atoms with Crippen LogP contribution in [-0.4, -0.2) is 26.5 Å². The lowest BCUT2D eigenvalue weighted by Crippen LogP contribution is -2.21. The molecule has 0 radical (unpaired) electrons. The lowest BCUT2D eigenvalue weighted by atomic mass is 10.2. The Kier molecular flexibility index (Phi) is 4.82. The predicted molar refractivity (Wildman–Crippen MR) is 89.1 cm³/mol. The first-order chi connectivity index (χ1) is 10.0. The van der Waals surface area contributed by atoms with Gasteiger partial charge in [-0.05, 0) is 48.9 Å². The second-order valence-corrected chi connectivity index (χ2v) is 5.21. The summed E-state index contributed by atoms with van der Waals surface area (Å²) in [7, 11) is 4.00. The molecule has 0 aliphatic heterocycles. The maximum Gasteiger partial charge on any atom is 0.243 e. The smallest absolute Gasteiger partial charge is 0.243 e. The fourth-order valence-electron chi connectivity index (χ4n) is 1.99. The molecular weight excluding hydrogens is 262 g/mol. The molecule has 0 spiro atoms. The molecule has 0 unspecified atom stereocenters. The van der Waals surface area contributed by atoms with Crippen molar-refractivity contribution in [2.75, 3.05) is 36.2 Å². The lowest BCUT2D eigenvalue weighted by molar-refractivity contribution is -0.114. The summed E-state index contributed by atoms with van der Waals surface area (Å²) in [4.78, 5) is 13.9. The maximum absolute atomic E-state index is 11.9. The molecule has 2 rings (SSSR count). The van der Waals surface area contributed by atoms with E-state index in [4.69, 9.17) is 0 Å². The van der Waals surface area contributed by atoms with E-state index in [0.29, 0.717) is 0 Å². The molecule has 0 bridgehead atoms. The molecule has 2 aromatic carbocycles. The maximum atomic E-state index is 11.9. The van der Waals surface area contributed by atoms with Crippen LogP contribution < -0.4 is 15.5 Å². The largest absolute Gasteiger partial charge is 0.378 e. The van der Waals surface area contributed by atoms with E-state index in [0.717, 1.165) is 22.6 Å². The van der Waals surface area contributed by atoms with Crippen LogP contribution in [0.25, 0.3) is 0 Å². The summed E-state index contributed by atoms with van der Waals surface area (Å²) in [5.74, 6) is -0.0581. The van der Waals surface area contributed by atoms with Gasteiger partial charge in [0.05, 0.1) is 6.54 Å². The highest BCUT2D eigenvalue weighted by Gasteiger charge is 2.03. The van der Waals surface area contributed by atoms with Gasteiger partial charge in [0.15, 0.2) is 0 Å². The summed E-state index contributed by atoms with van der Waals surface area (Å²) < 4.78 is 0. The summed E-state index contributed by atoms with van der Waals surface area (Å²) in [5.41, 5.74) is 4.01. The van der Waals surface area contributed by atoms with E-state index in [1.165, 1.54) is 0 Å². The highest BCUT2D eigenvalue weighted by atomic mass is 16.1. The van der Waals surface area contributed by atoms with E-state index in [1.54, 1.807) is 0 Å². The van der Waals surface area contributed by atoms with Crippen LogP contribution in [0, 0.1) is 6.92 Å². The van der Waals surface area contributed by atoms with E-state index in [1.807, 2.05) is 74.4 Å². The van der Waals surface area contributed by atoms with Gasteiger partial charge in [-0.25, -0.2) is 0 Å². The molecule has 1 amide bonds. The van der Waals surface area contributed by atoms with Crippen LogP contribution in [0.2, 0.25) is 0 Å². The number of carbonyl (C=O) groups is 1. The molecule has 0 aromatic heterocycles. The number of rotatable bonds is 5. The van der Waals surface area contributed by atoms with E-state index in [2.05, 4.69) is 10.6 Å². The van der Waals surface area contributed by atoms with Crippen molar-refractivity contribution < 1.29 is 4.79 Å². The zero-order chi connectivity index (χ0) is 15.2. The van der Waals surface area contributed by atoms with Gasteiger partial charge in [0.25, 0.3) is 0 Å². The number of hydrogen-bond acceptors (Lipinski definition) is 3. The van der Waals surface area contributed by atoms with Crippen LogP contribution in [0.4, 0.5) is 17.1 Å². The van der Waals surface area contributed by atoms with Crippen LogP contribution in [-0.2, 0) is 4.79 Å². The first-order valence-corrected chi connectivity index (χ1v) is 6.92. The van der Waals surface area contributed by atoms with Crippen LogP contribution in [0.5, 0.6) is 0 Å². The molecule has 0 fully saturated rings. The van der Waals surface area contributed by atoms with Gasteiger partial charge in [0.2, 0.25) is 5.91 Å². The molecule has 21 heavy (non-hydrogen) atoms. The summed E-state index contributed by atoms with van der Waals surface area (Å²) in [6.45, 7) is 2.25. The van der Waals surface area contributed by atoms with Crippen LogP contribution in [0.1, 0.15) is 5.56 Å². The van der Waals surface area contributed by atoms with Gasteiger partial charge >= 0.3 is 0 Å². The molecule has 4 nitrogen and oxygen atoms in total. The minimum Gasteiger partial charge on any atom is -0.378 e. The third-order valence-electron chi connectivity index (χ3n) is 3.14. The van der Waals surface area contributed by atoms with Gasteiger partial charge < -0.3 is 15.5 Å². The van der Waals surface area contributed by atoms with Crippen molar-refractivity contribution in [1.82, 2.24) is 0 Å². The van der Waals surface area contributed by atoms with Crippen molar-refractivity contribution in [3.8, 4) is 0 Å². The van der Waals surface area contributed by atoms with Gasteiger partial charge in [-0.15, -0.1) is 0 Å². The average molecular weight is 283 g/mol. The number of aryl methyl sites for hydroxylation is 1. The Bertz CT molecular complexity index is 606. The summed E-state index contributed by atoms with van der Waals surface area (Å²) in [5, 5.41) is 5.99. The minimum absolute atomic E-state index is 0.0581.